The molecule has 146 valence electrons. The number of nitrogens with one attached hydrogen (secondary N) is 1. The molecule has 0 bridgehead atoms. The largest absolute Gasteiger partial charge is 0.370 e. The van der Waals surface area contributed by atoms with Crippen molar-refractivity contribution in [2.75, 3.05) is 36.1 Å². The van der Waals surface area contributed by atoms with E-state index in [9.17, 15) is 14.4 Å². The Morgan fingerprint density at radius 3 is 2.43 bits per heavy atom. The van der Waals surface area contributed by atoms with Crippen molar-refractivity contribution < 1.29 is 19.1 Å². The van der Waals surface area contributed by atoms with E-state index >= 15 is 0 Å². The predicted molar refractivity (Wildman–Crippen MR) is 107 cm³/mol. The van der Waals surface area contributed by atoms with E-state index < -0.39 is 0 Å². The van der Waals surface area contributed by atoms with Crippen LogP contribution in [0.3, 0.4) is 0 Å². The Bertz CT molecular complexity index is 914. The molecule has 3 amide bonds. The minimum atomic E-state index is -0.263. The number of morpholine rings is 1. The van der Waals surface area contributed by atoms with Crippen LogP contribution in [0.25, 0.3) is 0 Å². The van der Waals surface area contributed by atoms with E-state index in [0.717, 1.165) is 11.4 Å². The summed E-state index contributed by atoms with van der Waals surface area (Å²) in [5.41, 5.74) is 1.52. The van der Waals surface area contributed by atoms with Crippen LogP contribution in [0.15, 0.2) is 36.4 Å². The Morgan fingerprint density at radius 1 is 1.07 bits per heavy atom. The van der Waals surface area contributed by atoms with Crippen molar-refractivity contribution in [3.05, 3.63) is 45.6 Å². The van der Waals surface area contributed by atoms with Crippen molar-refractivity contribution in [2.24, 2.45) is 0 Å². The van der Waals surface area contributed by atoms with E-state index in [0.29, 0.717) is 28.9 Å². The second kappa shape index (κ2) is 7.90. The first-order valence-electron chi connectivity index (χ1n) is 8.86. The molecule has 1 aromatic heterocycles. The molecule has 3 heterocycles. The molecule has 4 rings (SSSR count). The Kier molecular flexibility index (Phi) is 5.34. The van der Waals surface area contributed by atoms with Crippen LogP contribution in [0.5, 0.6) is 0 Å². The first-order valence-corrected chi connectivity index (χ1v) is 10.1. The predicted octanol–water partition coefficient (Wildman–Crippen LogP) is 2.30. The van der Waals surface area contributed by atoms with Crippen molar-refractivity contribution in [1.29, 1.82) is 0 Å². The number of nitrogens with zero attached hydrogens (tertiary/aromatic N) is 2. The van der Waals surface area contributed by atoms with Crippen LogP contribution < -0.4 is 15.1 Å². The van der Waals surface area contributed by atoms with E-state index in [2.05, 4.69) is 5.32 Å². The highest BCUT2D eigenvalue weighted by atomic mass is 35.5. The number of carbonyl (C=O) groups excluding carboxylic acids is 3. The van der Waals surface area contributed by atoms with E-state index in [1.165, 1.54) is 11.3 Å². The SMILES string of the molecule is O=C(NC1CC(=O)N(c2ccc(N3CCOCC3=O)cc2)C1)c1ccc(Cl)s1. The highest BCUT2D eigenvalue weighted by Gasteiger charge is 2.32. The first kappa shape index (κ1) is 18.9. The number of rotatable bonds is 4. The summed E-state index contributed by atoms with van der Waals surface area (Å²) in [7, 11) is 0. The van der Waals surface area contributed by atoms with Crippen LogP contribution in [0.1, 0.15) is 16.1 Å². The van der Waals surface area contributed by atoms with Gasteiger partial charge in [-0.2, -0.15) is 0 Å². The van der Waals surface area contributed by atoms with Gasteiger partial charge >= 0.3 is 0 Å². The minimum Gasteiger partial charge on any atom is -0.370 e. The summed E-state index contributed by atoms with van der Waals surface area (Å²) in [5.74, 6) is -0.352. The summed E-state index contributed by atoms with van der Waals surface area (Å²) in [6.07, 6.45) is 0.245. The molecule has 2 aromatic rings. The number of benzene rings is 1. The molecule has 0 saturated carbocycles. The van der Waals surface area contributed by atoms with Crippen molar-refractivity contribution in [1.82, 2.24) is 5.32 Å². The molecule has 1 unspecified atom stereocenters. The number of ether oxygens (including phenoxy) is 1. The van der Waals surface area contributed by atoms with E-state index in [1.54, 1.807) is 21.9 Å². The number of carbonyl (C=O) groups is 3. The third-order valence-electron chi connectivity index (χ3n) is 4.72. The maximum absolute atomic E-state index is 12.4. The van der Waals surface area contributed by atoms with Crippen LogP contribution in [-0.4, -0.2) is 50.1 Å². The average Bonchev–Trinajstić information content (AvgIpc) is 3.28. The maximum atomic E-state index is 12.4. The van der Waals surface area contributed by atoms with Crippen molar-refractivity contribution in [3.63, 3.8) is 0 Å². The zero-order chi connectivity index (χ0) is 19.7. The summed E-state index contributed by atoms with van der Waals surface area (Å²) < 4.78 is 5.69. The van der Waals surface area contributed by atoms with Gasteiger partial charge in [-0.3, -0.25) is 14.4 Å². The number of halogens is 1. The van der Waals surface area contributed by atoms with E-state index in [4.69, 9.17) is 16.3 Å². The summed E-state index contributed by atoms with van der Waals surface area (Å²) in [4.78, 5) is 40.5. The van der Waals surface area contributed by atoms with Gasteiger partial charge in [0.25, 0.3) is 11.8 Å². The van der Waals surface area contributed by atoms with Gasteiger partial charge < -0.3 is 19.9 Å². The molecule has 7 nitrogen and oxygen atoms in total. The molecule has 2 aliphatic rings. The van der Waals surface area contributed by atoms with Gasteiger partial charge in [-0.1, -0.05) is 11.6 Å². The summed E-state index contributed by atoms with van der Waals surface area (Å²) in [6.45, 7) is 1.51. The fourth-order valence-electron chi connectivity index (χ4n) is 3.35. The van der Waals surface area contributed by atoms with Gasteiger partial charge in [-0.15, -0.1) is 11.3 Å². The van der Waals surface area contributed by atoms with E-state index in [-0.39, 0.29) is 36.8 Å². The van der Waals surface area contributed by atoms with Crippen molar-refractivity contribution in [3.8, 4) is 0 Å². The number of anilines is 2. The molecular weight excluding hydrogens is 402 g/mol. The molecule has 0 spiro atoms. The third kappa shape index (κ3) is 3.89. The average molecular weight is 420 g/mol. The molecule has 28 heavy (non-hydrogen) atoms. The third-order valence-corrected chi connectivity index (χ3v) is 5.95. The molecule has 1 N–H and O–H groups in total. The molecule has 2 saturated heterocycles. The number of amides is 3. The lowest BCUT2D eigenvalue weighted by molar-refractivity contribution is -0.125. The summed E-state index contributed by atoms with van der Waals surface area (Å²) in [5, 5.41) is 2.89. The van der Waals surface area contributed by atoms with Gasteiger partial charge in [0.1, 0.15) is 6.61 Å². The zero-order valence-electron chi connectivity index (χ0n) is 14.9. The summed E-state index contributed by atoms with van der Waals surface area (Å²) in [6, 6.07) is 10.4. The Balaban J connectivity index is 1.41. The minimum absolute atomic E-state index is 0.0512. The monoisotopic (exact) mass is 419 g/mol. The second-order valence-electron chi connectivity index (χ2n) is 6.60. The molecule has 0 radical (unpaired) electrons. The second-order valence-corrected chi connectivity index (χ2v) is 8.31. The standard InChI is InChI=1S/C19H18ClN3O4S/c20-16-6-5-15(28-16)19(26)21-12-9-17(24)23(10-12)14-3-1-13(2-4-14)22-7-8-27-11-18(22)25/h1-6,12H,7-11H2,(H,21,26). The molecule has 1 atom stereocenters. The van der Waals surface area contributed by atoms with Crippen LogP contribution >= 0.6 is 22.9 Å². The van der Waals surface area contributed by atoms with Gasteiger partial charge in [0.05, 0.1) is 21.9 Å². The van der Waals surface area contributed by atoms with Gasteiger partial charge in [-0.05, 0) is 36.4 Å². The van der Waals surface area contributed by atoms with Gasteiger partial charge in [0, 0.05) is 30.9 Å². The van der Waals surface area contributed by atoms with Crippen molar-refractivity contribution in [2.45, 2.75) is 12.5 Å². The Morgan fingerprint density at radius 2 is 1.79 bits per heavy atom. The first-order chi connectivity index (χ1) is 13.5. The lowest BCUT2D eigenvalue weighted by atomic mass is 10.2. The smallest absolute Gasteiger partial charge is 0.261 e. The number of thiophene rings is 1. The van der Waals surface area contributed by atoms with Crippen LogP contribution in [0.2, 0.25) is 4.34 Å². The normalized spacial score (nSPS) is 20.0. The fraction of sp³-hybridized carbons (Fsp3) is 0.316. The number of hydrogen-bond acceptors (Lipinski definition) is 5. The number of hydrogen-bond donors (Lipinski definition) is 1. The van der Waals surface area contributed by atoms with Crippen LogP contribution in [-0.2, 0) is 14.3 Å². The van der Waals surface area contributed by atoms with E-state index in [1.807, 2.05) is 24.3 Å². The van der Waals surface area contributed by atoms with Gasteiger partial charge in [0.2, 0.25) is 5.91 Å². The Hall–Kier alpha value is -2.42. The molecule has 0 aliphatic carbocycles. The lowest BCUT2D eigenvalue weighted by Crippen LogP contribution is -2.41. The topological polar surface area (TPSA) is 79.0 Å². The van der Waals surface area contributed by atoms with Crippen molar-refractivity contribution >= 4 is 52.0 Å². The quantitative estimate of drug-likeness (QED) is 0.824. The molecule has 2 fully saturated rings. The maximum Gasteiger partial charge on any atom is 0.261 e. The fourth-order valence-corrected chi connectivity index (χ4v) is 4.30. The summed E-state index contributed by atoms with van der Waals surface area (Å²) >= 11 is 7.08. The van der Waals surface area contributed by atoms with Crippen LogP contribution in [0, 0.1) is 0 Å². The molecule has 2 aliphatic heterocycles. The Labute approximate surface area is 170 Å². The molecule has 9 heteroatoms. The zero-order valence-corrected chi connectivity index (χ0v) is 16.5. The van der Waals surface area contributed by atoms with Gasteiger partial charge in [-0.25, -0.2) is 0 Å². The highest BCUT2D eigenvalue weighted by Crippen LogP contribution is 2.26. The molecular formula is C19H18ClN3O4S. The molecule has 1 aromatic carbocycles. The lowest BCUT2D eigenvalue weighted by Gasteiger charge is -2.27. The van der Waals surface area contributed by atoms with Gasteiger partial charge in [0.15, 0.2) is 0 Å². The highest BCUT2D eigenvalue weighted by molar-refractivity contribution is 7.18. The van der Waals surface area contributed by atoms with Crippen LogP contribution in [0.4, 0.5) is 11.4 Å².